The summed E-state index contributed by atoms with van der Waals surface area (Å²) in [5.74, 6) is 0. The van der Waals surface area contributed by atoms with E-state index in [1.165, 1.54) is 6.07 Å². The second-order valence-corrected chi connectivity index (χ2v) is 2.66. The number of carbonyl (C=O) groups excluding carboxylic acids is 1. The minimum atomic E-state index is -0.649. The molecule has 0 saturated heterocycles. The molecule has 64 valence electrons. The number of urea groups is 1. The quantitative estimate of drug-likeness (QED) is 0.579. The predicted molar refractivity (Wildman–Crippen MR) is 49.1 cm³/mol. The average Bonchev–Trinajstić information content (AvgIpc) is 1.94. The molecule has 2 amide bonds. The van der Waals surface area contributed by atoms with Gasteiger partial charge in [-0.15, -0.1) is 0 Å². The molecule has 1 aromatic carbocycles. The number of carbonyl (C=O) groups is 1. The van der Waals surface area contributed by atoms with Crippen LogP contribution in [-0.2, 0) is 0 Å². The molecule has 5 heteroatoms. The first-order valence-electron chi connectivity index (χ1n) is 3.21. The monoisotopic (exact) mass is 185 g/mol. The van der Waals surface area contributed by atoms with Crippen LogP contribution in [0.2, 0.25) is 5.02 Å². The molecule has 4 nitrogen and oxygen atoms in total. The van der Waals surface area contributed by atoms with E-state index in [9.17, 15) is 4.79 Å². The Bertz CT molecular complexity index is 314. The Labute approximate surface area is 74.5 Å². The lowest BCUT2D eigenvalue weighted by Gasteiger charge is -2.04. The Morgan fingerprint density at radius 2 is 2.17 bits per heavy atom. The van der Waals surface area contributed by atoms with Crippen molar-refractivity contribution in [1.82, 2.24) is 0 Å². The lowest BCUT2D eigenvalue weighted by atomic mass is 10.3. The minimum absolute atomic E-state index is 0.390. The zero-order chi connectivity index (χ0) is 9.14. The molecule has 0 atom stereocenters. The van der Waals surface area contributed by atoms with Gasteiger partial charge in [0.1, 0.15) is 0 Å². The Balaban J connectivity index is 2.93. The predicted octanol–water partition coefficient (Wildman–Crippen LogP) is 1.41. The van der Waals surface area contributed by atoms with E-state index in [2.05, 4.69) is 5.32 Å². The number of hydrogen-bond donors (Lipinski definition) is 3. The van der Waals surface area contributed by atoms with Gasteiger partial charge in [0, 0.05) is 5.02 Å². The molecule has 0 aliphatic rings. The van der Waals surface area contributed by atoms with E-state index >= 15 is 0 Å². The number of nitrogen functional groups attached to an aromatic ring is 1. The summed E-state index contributed by atoms with van der Waals surface area (Å²) < 4.78 is 0. The van der Waals surface area contributed by atoms with Crippen molar-refractivity contribution in [3.63, 3.8) is 0 Å². The van der Waals surface area contributed by atoms with Crippen molar-refractivity contribution in [3.05, 3.63) is 23.2 Å². The van der Waals surface area contributed by atoms with E-state index in [0.29, 0.717) is 16.4 Å². The second kappa shape index (κ2) is 3.32. The van der Waals surface area contributed by atoms with Gasteiger partial charge in [0.25, 0.3) is 0 Å². The highest BCUT2D eigenvalue weighted by Crippen LogP contribution is 2.22. The van der Waals surface area contributed by atoms with Crippen LogP contribution >= 0.6 is 11.6 Å². The number of anilines is 2. The number of amides is 2. The van der Waals surface area contributed by atoms with E-state index in [-0.39, 0.29) is 0 Å². The summed E-state index contributed by atoms with van der Waals surface area (Å²) in [5.41, 5.74) is 11.3. The number of primary amides is 1. The number of nitrogens with two attached hydrogens (primary N) is 2. The van der Waals surface area contributed by atoms with Crippen LogP contribution in [0.3, 0.4) is 0 Å². The molecule has 1 aromatic rings. The van der Waals surface area contributed by atoms with Gasteiger partial charge in [-0.1, -0.05) is 11.6 Å². The number of halogens is 1. The van der Waals surface area contributed by atoms with E-state index < -0.39 is 6.03 Å². The topological polar surface area (TPSA) is 81.1 Å². The minimum Gasteiger partial charge on any atom is -0.397 e. The fraction of sp³-hybridized carbons (Fsp3) is 0. The number of nitrogens with one attached hydrogen (secondary N) is 1. The molecule has 5 N–H and O–H groups in total. The van der Waals surface area contributed by atoms with E-state index in [1.807, 2.05) is 0 Å². The van der Waals surface area contributed by atoms with Crippen LogP contribution in [0.4, 0.5) is 16.2 Å². The van der Waals surface area contributed by atoms with Crippen LogP contribution < -0.4 is 16.8 Å². The molecule has 1 rings (SSSR count). The molecule has 0 aliphatic carbocycles. The molecule has 0 unspecified atom stereocenters. The summed E-state index contributed by atoms with van der Waals surface area (Å²) in [6.45, 7) is 0. The number of benzene rings is 1. The van der Waals surface area contributed by atoms with Gasteiger partial charge in [-0.3, -0.25) is 0 Å². The van der Waals surface area contributed by atoms with Crippen molar-refractivity contribution in [2.45, 2.75) is 0 Å². The molecule has 0 saturated carbocycles. The van der Waals surface area contributed by atoms with Crippen molar-refractivity contribution in [2.75, 3.05) is 11.1 Å². The first-order valence-corrected chi connectivity index (χ1v) is 3.59. The Morgan fingerprint density at radius 3 is 2.67 bits per heavy atom. The van der Waals surface area contributed by atoms with Crippen LogP contribution in [0.15, 0.2) is 18.2 Å². The number of rotatable bonds is 1. The molecular formula is C7H8ClN3O. The van der Waals surface area contributed by atoms with Crippen molar-refractivity contribution in [1.29, 1.82) is 0 Å². The standard InChI is InChI=1S/C7H8ClN3O/c8-4-1-2-6(5(9)3-4)11-7(10)12/h1-3H,9H2,(H3,10,11,12). The van der Waals surface area contributed by atoms with Gasteiger partial charge in [-0.05, 0) is 18.2 Å². The zero-order valence-electron chi connectivity index (χ0n) is 6.17. The van der Waals surface area contributed by atoms with Crippen LogP contribution in [0.25, 0.3) is 0 Å². The molecule has 12 heavy (non-hydrogen) atoms. The third-order valence-corrected chi connectivity index (χ3v) is 1.51. The molecule has 0 radical (unpaired) electrons. The third kappa shape index (κ3) is 2.03. The lowest BCUT2D eigenvalue weighted by Crippen LogP contribution is -2.19. The third-order valence-electron chi connectivity index (χ3n) is 1.27. The molecule has 0 aromatic heterocycles. The maximum absolute atomic E-state index is 10.4. The van der Waals surface area contributed by atoms with Crippen LogP contribution in [0.5, 0.6) is 0 Å². The SMILES string of the molecule is NC(=O)Nc1ccc(Cl)cc1N. The molecule has 0 spiro atoms. The van der Waals surface area contributed by atoms with Gasteiger partial charge in [0.05, 0.1) is 11.4 Å². The smallest absolute Gasteiger partial charge is 0.316 e. The van der Waals surface area contributed by atoms with Gasteiger partial charge in [-0.25, -0.2) is 4.79 Å². The zero-order valence-corrected chi connectivity index (χ0v) is 6.93. The summed E-state index contributed by atoms with van der Waals surface area (Å²) >= 11 is 5.63. The summed E-state index contributed by atoms with van der Waals surface area (Å²) in [4.78, 5) is 10.4. The second-order valence-electron chi connectivity index (χ2n) is 2.22. The van der Waals surface area contributed by atoms with Crippen LogP contribution in [-0.4, -0.2) is 6.03 Å². The highest BCUT2D eigenvalue weighted by atomic mass is 35.5. The average molecular weight is 186 g/mol. The molecule has 0 fully saturated rings. The molecule has 0 heterocycles. The Morgan fingerprint density at radius 1 is 1.50 bits per heavy atom. The van der Waals surface area contributed by atoms with Gasteiger partial charge >= 0.3 is 6.03 Å². The summed E-state index contributed by atoms with van der Waals surface area (Å²) in [5, 5.41) is 2.87. The number of hydrogen-bond acceptors (Lipinski definition) is 2. The molecule has 0 aliphatic heterocycles. The largest absolute Gasteiger partial charge is 0.397 e. The van der Waals surface area contributed by atoms with Crippen molar-refractivity contribution >= 4 is 29.0 Å². The van der Waals surface area contributed by atoms with Crippen molar-refractivity contribution in [2.24, 2.45) is 5.73 Å². The van der Waals surface area contributed by atoms with E-state index in [4.69, 9.17) is 23.1 Å². The van der Waals surface area contributed by atoms with E-state index in [0.717, 1.165) is 0 Å². The Hall–Kier alpha value is -1.42. The van der Waals surface area contributed by atoms with Gasteiger partial charge in [0.2, 0.25) is 0 Å². The van der Waals surface area contributed by atoms with E-state index in [1.54, 1.807) is 12.1 Å². The van der Waals surface area contributed by atoms with Crippen LogP contribution in [0.1, 0.15) is 0 Å². The van der Waals surface area contributed by atoms with Gasteiger partial charge in [0.15, 0.2) is 0 Å². The summed E-state index contributed by atoms with van der Waals surface area (Å²) in [7, 11) is 0. The lowest BCUT2D eigenvalue weighted by molar-refractivity contribution is 0.259. The molecular weight excluding hydrogens is 178 g/mol. The van der Waals surface area contributed by atoms with Crippen molar-refractivity contribution < 1.29 is 4.79 Å². The summed E-state index contributed by atoms with van der Waals surface area (Å²) in [6.07, 6.45) is 0. The summed E-state index contributed by atoms with van der Waals surface area (Å²) in [6, 6.07) is 4.09. The van der Waals surface area contributed by atoms with Gasteiger partial charge in [-0.2, -0.15) is 0 Å². The Kier molecular flexibility index (Phi) is 2.40. The molecule has 0 bridgehead atoms. The van der Waals surface area contributed by atoms with Gasteiger partial charge < -0.3 is 16.8 Å². The van der Waals surface area contributed by atoms with Crippen LogP contribution in [0, 0.1) is 0 Å². The fourth-order valence-corrected chi connectivity index (χ4v) is 0.961. The van der Waals surface area contributed by atoms with Crippen molar-refractivity contribution in [3.8, 4) is 0 Å². The highest BCUT2D eigenvalue weighted by Gasteiger charge is 2.00. The first kappa shape index (κ1) is 8.67. The first-order chi connectivity index (χ1) is 5.59. The normalized spacial score (nSPS) is 9.42. The highest BCUT2D eigenvalue weighted by molar-refractivity contribution is 6.31. The maximum atomic E-state index is 10.4. The maximum Gasteiger partial charge on any atom is 0.316 e. The fourth-order valence-electron chi connectivity index (χ4n) is 0.780.